The van der Waals surface area contributed by atoms with E-state index < -0.39 is 7.12 Å². The minimum atomic E-state index is -0.409. The minimum Gasteiger partial charge on any atom is -0.496 e. The summed E-state index contributed by atoms with van der Waals surface area (Å²) in [6, 6.07) is 28.0. The summed E-state index contributed by atoms with van der Waals surface area (Å²) in [4.78, 5) is 48.0. The number of ether oxygens (including phenoxy) is 4. The van der Waals surface area contributed by atoms with Crippen molar-refractivity contribution in [3.8, 4) is 22.6 Å². The number of hydrogen-bond donors (Lipinski definition) is 0. The lowest BCUT2D eigenvalue weighted by Crippen LogP contribution is -2.41. The average molecular weight is 1090 g/mol. The number of morpholine rings is 2. The predicted molar refractivity (Wildman–Crippen MR) is 296 cm³/mol. The highest BCUT2D eigenvalue weighted by atomic mass is 79.9. The normalized spacial score (nSPS) is 19.4. The summed E-state index contributed by atoms with van der Waals surface area (Å²) in [5, 5.41) is 1.49. The van der Waals surface area contributed by atoms with Crippen LogP contribution in [0.2, 0.25) is 0 Å². The van der Waals surface area contributed by atoms with Gasteiger partial charge in [0.25, 0.3) is 11.1 Å². The van der Waals surface area contributed by atoms with E-state index in [4.69, 9.17) is 28.3 Å². The molecule has 3 fully saturated rings. The highest BCUT2D eigenvalue weighted by Gasteiger charge is 2.52. The molecule has 76 heavy (non-hydrogen) atoms. The van der Waals surface area contributed by atoms with Crippen LogP contribution in [0.3, 0.4) is 0 Å². The second kappa shape index (κ2) is 21.3. The van der Waals surface area contributed by atoms with Crippen LogP contribution in [-0.2, 0) is 31.9 Å². The molecule has 394 valence electrons. The van der Waals surface area contributed by atoms with Crippen LogP contribution in [0.1, 0.15) is 63.7 Å². The first-order valence-electron chi connectivity index (χ1n) is 25.9. The Morgan fingerprint density at radius 2 is 1.01 bits per heavy atom. The fourth-order valence-corrected chi connectivity index (χ4v) is 11.1. The first kappa shape index (κ1) is 51.3. The lowest BCUT2D eigenvalue weighted by molar-refractivity contribution is 0.00578. The smallest absolute Gasteiger partial charge is 0.496 e. The monoisotopic (exact) mass is 1090 g/mol. The number of para-hydroxylation sites is 2. The van der Waals surface area contributed by atoms with Gasteiger partial charge in [-0.1, -0.05) is 58.4 Å². The van der Waals surface area contributed by atoms with Gasteiger partial charge in [-0.15, -0.1) is 0 Å². The van der Waals surface area contributed by atoms with Crippen molar-refractivity contribution in [1.82, 2.24) is 38.7 Å². The molecule has 2 atom stereocenters. The molecule has 5 aliphatic heterocycles. The van der Waals surface area contributed by atoms with E-state index in [0.29, 0.717) is 19.8 Å². The van der Waals surface area contributed by atoms with Gasteiger partial charge in [-0.2, -0.15) is 0 Å². The number of fused-ring (bicyclic) bond motifs is 6. The molecule has 0 N–H and O–H groups in total. The van der Waals surface area contributed by atoms with Crippen LogP contribution in [-0.4, -0.2) is 124 Å². The maximum Gasteiger partial charge on any atom is 0.498 e. The van der Waals surface area contributed by atoms with Crippen LogP contribution < -0.4 is 35.9 Å². The Bertz CT molecular complexity index is 3480. The molecule has 0 aliphatic carbocycles. The van der Waals surface area contributed by atoms with E-state index in [0.717, 1.165) is 136 Å². The Balaban J connectivity index is 0.000000126. The average Bonchev–Trinajstić information content (AvgIpc) is 4.33. The topological polar surface area (TPSA) is 167 Å². The van der Waals surface area contributed by atoms with Crippen molar-refractivity contribution < 1.29 is 28.3 Å². The molecule has 0 amide bonds. The molecule has 0 saturated carbocycles. The molecule has 2 unspecified atom stereocenters. The number of hydrogen-bond acceptors (Lipinski definition) is 14. The SMILES string of the molecule is CC1(C)OB(c2cnc(N3CCOCC3)nc2)OC1(C)C.COc1ccccc1C1CCn2c(=O)c3ccc(-c4cnc(N5CCOCC5)nc4)cc3n21.COc1ccccc1C1CCn2c(=O)c3ccc(Br)cc3n21. The molecule has 20 heteroatoms. The Kier molecular flexibility index (Phi) is 14.4. The van der Waals surface area contributed by atoms with Gasteiger partial charge in [-0.25, -0.2) is 29.3 Å². The van der Waals surface area contributed by atoms with E-state index in [1.54, 1.807) is 26.6 Å². The van der Waals surface area contributed by atoms with Crippen molar-refractivity contribution in [2.75, 3.05) is 76.6 Å². The van der Waals surface area contributed by atoms with E-state index in [1.807, 2.05) is 116 Å². The van der Waals surface area contributed by atoms with Gasteiger partial charge in [0, 0.05) is 90.7 Å². The number of rotatable bonds is 8. The number of halogens is 1. The first-order valence-corrected chi connectivity index (χ1v) is 26.7. The minimum absolute atomic E-state index is 0.0431. The van der Waals surface area contributed by atoms with Crippen molar-refractivity contribution in [2.45, 2.75) is 76.9 Å². The summed E-state index contributed by atoms with van der Waals surface area (Å²) < 4.78 is 42.8. The van der Waals surface area contributed by atoms with Crippen molar-refractivity contribution >= 4 is 62.2 Å². The zero-order valence-corrected chi connectivity index (χ0v) is 45.3. The van der Waals surface area contributed by atoms with Gasteiger partial charge in [-0.05, 0) is 88.6 Å². The molecule has 9 heterocycles. The summed E-state index contributed by atoms with van der Waals surface area (Å²) in [6.07, 6.45) is 9.05. The molecule has 18 nitrogen and oxygen atoms in total. The fourth-order valence-electron chi connectivity index (χ4n) is 10.7. The standard InChI is InChI=1S/C25H25N5O3.C17H15BrN2O2.C14H22BN3O3/c1-32-23-5-3-2-4-19(23)21-8-9-29-24(31)20-7-6-17(14-22(20)30(21)29)18-15-26-25(27-16-18)28-10-12-33-13-11-28;1-22-16-5-3-2-4-12(16)14-8-9-19-17(21)13-7-6-11(18)10-15(13)20(14)19;1-13(2)14(3,4)21-15(20-13)11-9-16-12(17-10-11)18-5-7-19-8-6-18/h2-7,14-16,21H,8-13H2,1H3;2-7,10,14H,8-9H2,1H3;9-10H,5-8H2,1-4H3. The van der Waals surface area contributed by atoms with Crippen LogP contribution in [0.4, 0.5) is 11.9 Å². The molecular weight excluding hydrogens is 1030 g/mol. The quantitative estimate of drug-likeness (QED) is 0.139. The summed E-state index contributed by atoms with van der Waals surface area (Å²) >= 11 is 3.50. The maximum atomic E-state index is 13.1. The second-order valence-corrected chi connectivity index (χ2v) is 21.3. The van der Waals surface area contributed by atoms with Crippen LogP contribution in [0.5, 0.6) is 11.5 Å². The summed E-state index contributed by atoms with van der Waals surface area (Å²) in [7, 11) is 2.96. The van der Waals surface area contributed by atoms with Crippen molar-refractivity contribution in [3.05, 3.63) is 146 Å². The van der Waals surface area contributed by atoms with E-state index in [9.17, 15) is 9.59 Å². The third kappa shape index (κ3) is 9.69. The Hall–Kier alpha value is -6.84. The van der Waals surface area contributed by atoms with E-state index >= 15 is 0 Å². The Labute approximate surface area is 449 Å². The number of methoxy groups -OCH3 is 2. The molecular formula is C56H62BBrN10O8. The van der Waals surface area contributed by atoms with Gasteiger partial charge in [0.1, 0.15) is 11.5 Å². The summed E-state index contributed by atoms with van der Waals surface area (Å²) in [5.74, 6) is 3.16. The van der Waals surface area contributed by atoms with Gasteiger partial charge in [-0.3, -0.25) is 19.0 Å². The van der Waals surface area contributed by atoms with E-state index in [1.165, 1.54) is 0 Å². The predicted octanol–water partition coefficient (Wildman–Crippen LogP) is 7.28. The third-order valence-corrected chi connectivity index (χ3v) is 16.0. The summed E-state index contributed by atoms with van der Waals surface area (Å²) in [6.45, 7) is 15.7. The maximum absolute atomic E-state index is 13.1. The summed E-state index contributed by atoms with van der Waals surface area (Å²) in [5.41, 5.74) is 6.30. The van der Waals surface area contributed by atoms with Gasteiger partial charge < -0.3 is 38.1 Å². The van der Waals surface area contributed by atoms with E-state index in [-0.39, 0.29) is 34.4 Å². The molecule has 5 aliphatic rings. The van der Waals surface area contributed by atoms with Crippen LogP contribution in [0.25, 0.3) is 32.9 Å². The zero-order valence-electron chi connectivity index (χ0n) is 43.7. The van der Waals surface area contributed by atoms with Crippen LogP contribution in [0.15, 0.2) is 124 Å². The lowest BCUT2D eigenvalue weighted by Gasteiger charge is -2.32. The molecule has 0 bridgehead atoms. The fraction of sp³-hybridized carbons (Fsp3) is 0.393. The van der Waals surface area contributed by atoms with E-state index in [2.05, 4.69) is 73.2 Å². The molecule has 4 aromatic carbocycles. The van der Waals surface area contributed by atoms with Crippen molar-refractivity contribution in [3.63, 3.8) is 0 Å². The highest BCUT2D eigenvalue weighted by molar-refractivity contribution is 9.10. The first-order chi connectivity index (χ1) is 36.8. The second-order valence-electron chi connectivity index (χ2n) is 20.4. The Morgan fingerprint density at radius 1 is 0.566 bits per heavy atom. The molecule has 3 saturated heterocycles. The lowest BCUT2D eigenvalue weighted by atomic mass is 9.81. The third-order valence-electron chi connectivity index (χ3n) is 15.5. The van der Waals surface area contributed by atoms with Crippen LogP contribution in [0, 0.1) is 0 Å². The zero-order chi connectivity index (χ0) is 52.7. The highest BCUT2D eigenvalue weighted by Crippen LogP contribution is 2.39. The number of anilines is 2. The largest absolute Gasteiger partial charge is 0.498 e. The molecule has 13 rings (SSSR count). The number of benzene rings is 4. The molecule has 8 aromatic rings. The van der Waals surface area contributed by atoms with Crippen LogP contribution >= 0.6 is 15.9 Å². The molecule has 4 aromatic heterocycles. The van der Waals surface area contributed by atoms with Gasteiger partial charge >= 0.3 is 7.12 Å². The van der Waals surface area contributed by atoms with Gasteiger partial charge in [0.05, 0.1) is 85.7 Å². The Morgan fingerprint density at radius 3 is 1.50 bits per heavy atom. The molecule has 0 radical (unpaired) electrons. The van der Waals surface area contributed by atoms with Crippen molar-refractivity contribution in [1.29, 1.82) is 0 Å². The molecule has 0 spiro atoms. The van der Waals surface area contributed by atoms with Gasteiger partial charge in [0.15, 0.2) is 0 Å². The van der Waals surface area contributed by atoms with Crippen molar-refractivity contribution in [2.24, 2.45) is 0 Å². The number of aromatic nitrogens is 8. The van der Waals surface area contributed by atoms with Gasteiger partial charge in [0.2, 0.25) is 11.9 Å². The number of nitrogens with zero attached hydrogens (tertiary/aromatic N) is 10.